The molecule has 2 aromatic rings. The van der Waals surface area contributed by atoms with Crippen molar-refractivity contribution in [1.29, 1.82) is 0 Å². The van der Waals surface area contributed by atoms with Crippen LogP contribution in [0.2, 0.25) is 0 Å². The van der Waals surface area contributed by atoms with E-state index in [9.17, 15) is 0 Å². The van der Waals surface area contributed by atoms with E-state index < -0.39 is 0 Å². The van der Waals surface area contributed by atoms with Gasteiger partial charge in [0.25, 0.3) is 0 Å². The summed E-state index contributed by atoms with van der Waals surface area (Å²) in [5, 5.41) is 3.87. The van der Waals surface area contributed by atoms with E-state index in [4.69, 9.17) is 18.0 Å². The Bertz CT molecular complexity index is 531. The summed E-state index contributed by atoms with van der Waals surface area (Å²) in [6, 6.07) is 6.31. The Labute approximate surface area is 104 Å². The first-order chi connectivity index (χ1) is 7.56. The molecule has 1 aromatic carbocycles. The molecule has 84 valence electrons. The fourth-order valence-electron chi connectivity index (χ4n) is 1.46. The van der Waals surface area contributed by atoms with Crippen molar-refractivity contribution in [2.45, 2.75) is 19.8 Å². The van der Waals surface area contributed by atoms with Gasteiger partial charge in [-0.1, -0.05) is 31.3 Å². The summed E-state index contributed by atoms with van der Waals surface area (Å²) in [5.41, 5.74) is 7.71. The number of benzene rings is 1. The molecule has 0 amide bonds. The predicted molar refractivity (Wildman–Crippen MR) is 74.1 cm³/mol. The zero-order valence-corrected chi connectivity index (χ0v) is 10.8. The molecule has 2 rings (SSSR count). The molecule has 0 saturated carbocycles. The summed E-state index contributed by atoms with van der Waals surface area (Å²) < 4.78 is 1.16. The average molecular weight is 251 g/mol. The minimum Gasteiger partial charge on any atom is -0.376 e. The summed E-state index contributed by atoms with van der Waals surface area (Å²) in [7, 11) is 0. The van der Waals surface area contributed by atoms with Gasteiger partial charge in [0.05, 0.1) is 10.2 Å². The number of rotatable bonds is 2. The molecule has 0 aliphatic heterocycles. The molecule has 1 aromatic heterocycles. The van der Waals surface area contributed by atoms with Crippen molar-refractivity contribution in [2.75, 3.05) is 5.32 Å². The Balaban J connectivity index is 2.41. The largest absolute Gasteiger partial charge is 0.376 e. The van der Waals surface area contributed by atoms with E-state index in [1.165, 1.54) is 5.56 Å². The molecule has 0 aliphatic rings. The van der Waals surface area contributed by atoms with Crippen LogP contribution in [0.25, 0.3) is 10.2 Å². The molecule has 0 bridgehead atoms. The summed E-state index contributed by atoms with van der Waals surface area (Å²) >= 11 is 6.35. The highest BCUT2D eigenvalue weighted by Gasteiger charge is 2.06. The van der Waals surface area contributed by atoms with Crippen molar-refractivity contribution < 1.29 is 0 Å². The van der Waals surface area contributed by atoms with Crippen LogP contribution in [0.5, 0.6) is 0 Å². The maximum absolute atomic E-state index is 5.41. The average Bonchev–Trinajstić information content (AvgIpc) is 2.56. The number of nitrogens with two attached hydrogens (primary N) is 1. The van der Waals surface area contributed by atoms with Crippen LogP contribution in [0, 0.1) is 0 Å². The van der Waals surface area contributed by atoms with Crippen LogP contribution in [0.3, 0.4) is 0 Å². The number of thiazole rings is 1. The van der Waals surface area contributed by atoms with Crippen LogP contribution >= 0.6 is 23.6 Å². The van der Waals surface area contributed by atoms with Crippen LogP contribution < -0.4 is 11.1 Å². The molecule has 0 atom stereocenters. The minimum atomic E-state index is 0.253. The molecule has 0 aliphatic carbocycles. The smallest absolute Gasteiger partial charge is 0.190 e. The first kappa shape index (κ1) is 11.3. The number of nitrogens with one attached hydrogen (secondary N) is 1. The van der Waals surface area contributed by atoms with Gasteiger partial charge in [0.15, 0.2) is 10.2 Å². The summed E-state index contributed by atoms with van der Waals surface area (Å²) in [4.78, 5) is 4.39. The van der Waals surface area contributed by atoms with E-state index in [-0.39, 0.29) is 5.11 Å². The molecule has 3 nitrogen and oxygen atoms in total. The highest BCUT2D eigenvalue weighted by Crippen LogP contribution is 2.28. The third-order valence-corrected chi connectivity index (χ3v) is 3.34. The van der Waals surface area contributed by atoms with E-state index in [0.717, 1.165) is 15.3 Å². The van der Waals surface area contributed by atoms with Crippen LogP contribution in [0.1, 0.15) is 25.3 Å². The predicted octanol–water partition coefficient (Wildman–Crippen LogP) is 3.08. The third kappa shape index (κ3) is 2.31. The molecule has 0 fully saturated rings. The molecule has 0 unspecified atom stereocenters. The van der Waals surface area contributed by atoms with Crippen LogP contribution in [0.15, 0.2) is 18.2 Å². The summed E-state index contributed by atoms with van der Waals surface area (Å²) in [6.45, 7) is 4.35. The maximum atomic E-state index is 5.41. The first-order valence-corrected chi connectivity index (χ1v) is 6.25. The number of hydrogen-bond donors (Lipinski definition) is 2. The van der Waals surface area contributed by atoms with Gasteiger partial charge in [-0.05, 0) is 35.8 Å². The highest BCUT2D eigenvalue weighted by atomic mass is 32.1. The normalized spacial score (nSPS) is 10.9. The number of hydrogen-bond acceptors (Lipinski definition) is 3. The molecular weight excluding hydrogens is 238 g/mol. The van der Waals surface area contributed by atoms with Crippen molar-refractivity contribution in [3.05, 3.63) is 23.8 Å². The SMILES string of the molecule is CC(C)c1ccc2nc(NC(N)=S)sc2c1. The highest BCUT2D eigenvalue weighted by molar-refractivity contribution is 7.80. The molecule has 0 saturated heterocycles. The van der Waals surface area contributed by atoms with E-state index >= 15 is 0 Å². The Morgan fingerprint density at radius 2 is 2.25 bits per heavy atom. The second-order valence-electron chi connectivity index (χ2n) is 3.89. The molecule has 1 heterocycles. The van der Waals surface area contributed by atoms with Crippen molar-refractivity contribution in [1.82, 2.24) is 4.98 Å². The lowest BCUT2D eigenvalue weighted by Crippen LogP contribution is -2.18. The lowest BCUT2D eigenvalue weighted by molar-refractivity contribution is 0.869. The fourth-order valence-corrected chi connectivity index (χ4v) is 2.55. The number of aromatic nitrogens is 1. The number of fused-ring (bicyclic) bond motifs is 1. The molecule has 16 heavy (non-hydrogen) atoms. The Kier molecular flexibility index (Phi) is 3.07. The standard InChI is InChI=1S/C11H13N3S2/c1-6(2)7-3-4-8-9(5-7)16-11(13-8)14-10(12)15/h3-6H,1-2H3,(H3,12,13,14,15). The quantitative estimate of drug-likeness (QED) is 0.805. The fraction of sp³-hybridized carbons (Fsp3) is 0.273. The van der Waals surface area contributed by atoms with Gasteiger partial charge in [0, 0.05) is 0 Å². The van der Waals surface area contributed by atoms with Gasteiger partial charge in [-0.3, -0.25) is 0 Å². The second kappa shape index (κ2) is 4.35. The number of nitrogens with zero attached hydrogens (tertiary/aromatic N) is 1. The van der Waals surface area contributed by atoms with Crippen LogP contribution in [-0.4, -0.2) is 10.1 Å². The van der Waals surface area contributed by atoms with E-state index in [1.54, 1.807) is 11.3 Å². The van der Waals surface area contributed by atoms with Crippen molar-refractivity contribution in [3.8, 4) is 0 Å². The Morgan fingerprint density at radius 3 is 2.88 bits per heavy atom. The summed E-state index contributed by atoms with van der Waals surface area (Å²) in [5.74, 6) is 0.526. The van der Waals surface area contributed by atoms with Gasteiger partial charge >= 0.3 is 0 Å². The van der Waals surface area contributed by atoms with Gasteiger partial charge in [0.2, 0.25) is 0 Å². The number of thiocarbonyl (C=S) groups is 1. The molecule has 3 N–H and O–H groups in total. The lowest BCUT2D eigenvalue weighted by atomic mass is 10.0. The third-order valence-electron chi connectivity index (χ3n) is 2.31. The first-order valence-electron chi connectivity index (χ1n) is 5.03. The van der Waals surface area contributed by atoms with Gasteiger partial charge in [-0.2, -0.15) is 0 Å². The van der Waals surface area contributed by atoms with E-state index in [2.05, 4.69) is 36.3 Å². The van der Waals surface area contributed by atoms with Gasteiger partial charge in [0.1, 0.15) is 0 Å². The summed E-state index contributed by atoms with van der Waals surface area (Å²) in [6.07, 6.45) is 0. The maximum Gasteiger partial charge on any atom is 0.190 e. The van der Waals surface area contributed by atoms with Gasteiger partial charge in [-0.15, -0.1) is 0 Å². The number of anilines is 1. The lowest BCUT2D eigenvalue weighted by Gasteiger charge is -2.03. The van der Waals surface area contributed by atoms with Crippen molar-refractivity contribution in [2.24, 2.45) is 5.73 Å². The molecular formula is C11H13N3S2. The Morgan fingerprint density at radius 1 is 1.50 bits per heavy atom. The van der Waals surface area contributed by atoms with E-state index in [0.29, 0.717) is 5.92 Å². The van der Waals surface area contributed by atoms with Gasteiger partial charge in [-0.25, -0.2) is 4.98 Å². The Hall–Kier alpha value is -1.20. The van der Waals surface area contributed by atoms with Crippen molar-refractivity contribution in [3.63, 3.8) is 0 Å². The zero-order valence-electron chi connectivity index (χ0n) is 9.15. The van der Waals surface area contributed by atoms with E-state index in [1.807, 2.05) is 6.07 Å². The molecule has 0 spiro atoms. The topological polar surface area (TPSA) is 50.9 Å². The molecule has 5 heteroatoms. The second-order valence-corrected chi connectivity index (χ2v) is 5.36. The monoisotopic (exact) mass is 251 g/mol. The molecule has 0 radical (unpaired) electrons. The minimum absolute atomic E-state index is 0.253. The van der Waals surface area contributed by atoms with Crippen LogP contribution in [0.4, 0.5) is 5.13 Å². The van der Waals surface area contributed by atoms with Gasteiger partial charge < -0.3 is 11.1 Å². The zero-order chi connectivity index (χ0) is 11.7. The van der Waals surface area contributed by atoms with Crippen molar-refractivity contribution >= 4 is 44.0 Å². The van der Waals surface area contributed by atoms with Crippen LogP contribution in [-0.2, 0) is 0 Å².